The van der Waals surface area contributed by atoms with Crippen molar-refractivity contribution in [3.8, 4) is 5.75 Å². The van der Waals surface area contributed by atoms with Gasteiger partial charge in [-0.1, -0.05) is 18.2 Å². The largest absolute Gasteiger partial charge is 0.489 e. The molecule has 0 fully saturated rings. The van der Waals surface area contributed by atoms with Crippen LogP contribution in [0.3, 0.4) is 0 Å². The smallest absolute Gasteiger partial charge is 0.123 e. The highest BCUT2D eigenvalue weighted by molar-refractivity contribution is 5.36. The normalized spacial score (nSPS) is 10.2. The van der Waals surface area contributed by atoms with E-state index in [4.69, 9.17) is 10.5 Å². The van der Waals surface area contributed by atoms with E-state index in [0.717, 1.165) is 16.9 Å². The lowest BCUT2D eigenvalue weighted by Gasteiger charge is -2.09. The molecule has 1 aromatic carbocycles. The Balaban J connectivity index is 2.07. The molecule has 0 unspecified atom stereocenters. The second kappa shape index (κ2) is 4.87. The third kappa shape index (κ3) is 2.97. The van der Waals surface area contributed by atoms with Crippen molar-refractivity contribution in [3.05, 3.63) is 53.2 Å². The van der Waals surface area contributed by atoms with Crippen molar-refractivity contribution in [2.24, 2.45) is 0 Å². The highest BCUT2D eigenvalue weighted by Crippen LogP contribution is 2.20. The van der Waals surface area contributed by atoms with Crippen LogP contribution in [0.5, 0.6) is 5.75 Å². The Morgan fingerprint density at radius 3 is 2.71 bits per heavy atom. The molecule has 0 aliphatic rings. The van der Waals surface area contributed by atoms with Crippen molar-refractivity contribution in [1.29, 1.82) is 0 Å². The van der Waals surface area contributed by atoms with Crippen LogP contribution in [0.2, 0.25) is 0 Å². The Bertz CT molecular complexity index is 506. The number of anilines is 1. The maximum atomic E-state index is 5.76. The maximum Gasteiger partial charge on any atom is 0.123 e. The number of aromatic nitrogens is 1. The lowest BCUT2D eigenvalue weighted by Crippen LogP contribution is -1.99. The molecule has 0 spiro atoms. The minimum Gasteiger partial charge on any atom is -0.489 e. The molecule has 0 amide bonds. The Morgan fingerprint density at radius 2 is 2.00 bits per heavy atom. The molecule has 2 aromatic rings. The molecule has 0 radical (unpaired) electrons. The second-order valence-corrected chi connectivity index (χ2v) is 4.15. The summed E-state index contributed by atoms with van der Waals surface area (Å²) in [5.41, 5.74) is 8.87. The minimum atomic E-state index is 0.511. The van der Waals surface area contributed by atoms with Gasteiger partial charge in [-0.2, -0.15) is 0 Å². The Labute approximate surface area is 101 Å². The second-order valence-electron chi connectivity index (χ2n) is 4.15. The van der Waals surface area contributed by atoms with E-state index in [0.29, 0.717) is 12.4 Å². The molecule has 3 heteroatoms. The average molecular weight is 228 g/mol. The van der Waals surface area contributed by atoms with Crippen LogP contribution in [-0.2, 0) is 6.61 Å². The van der Waals surface area contributed by atoms with Crippen molar-refractivity contribution in [3.63, 3.8) is 0 Å². The maximum absolute atomic E-state index is 5.76. The number of pyridine rings is 1. The van der Waals surface area contributed by atoms with Crippen molar-refractivity contribution in [2.75, 3.05) is 5.73 Å². The molecular weight excluding hydrogens is 212 g/mol. The zero-order valence-electron chi connectivity index (χ0n) is 10.1. The van der Waals surface area contributed by atoms with E-state index < -0.39 is 0 Å². The molecule has 0 atom stereocenters. The van der Waals surface area contributed by atoms with E-state index in [1.807, 2.05) is 19.1 Å². The Morgan fingerprint density at radius 1 is 1.18 bits per heavy atom. The first-order valence-corrected chi connectivity index (χ1v) is 5.55. The molecule has 88 valence electrons. The van der Waals surface area contributed by atoms with Gasteiger partial charge in [0.1, 0.15) is 18.2 Å². The molecule has 2 N–H and O–H groups in total. The standard InChI is InChI=1S/C14H16N2O/c1-10-3-4-11(2)13(7-10)17-9-12-5-6-14(15)16-8-12/h3-8H,9H2,1-2H3,(H2,15,16). The Kier molecular flexibility index (Phi) is 3.28. The van der Waals surface area contributed by atoms with Gasteiger partial charge in [0, 0.05) is 11.8 Å². The summed E-state index contributed by atoms with van der Waals surface area (Å²) in [5, 5.41) is 0. The Hall–Kier alpha value is -2.03. The quantitative estimate of drug-likeness (QED) is 0.878. The van der Waals surface area contributed by atoms with Gasteiger partial charge in [-0.05, 0) is 37.1 Å². The minimum absolute atomic E-state index is 0.511. The van der Waals surface area contributed by atoms with Gasteiger partial charge in [-0.3, -0.25) is 0 Å². The van der Waals surface area contributed by atoms with Crippen LogP contribution in [0, 0.1) is 13.8 Å². The molecule has 0 saturated carbocycles. The highest BCUT2D eigenvalue weighted by Gasteiger charge is 2.01. The third-order valence-electron chi connectivity index (χ3n) is 2.59. The molecule has 17 heavy (non-hydrogen) atoms. The molecule has 1 aromatic heterocycles. The fourth-order valence-electron chi connectivity index (χ4n) is 1.55. The van der Waals surface area contributed by atoms with Crippen LogP contribution in [0.1, 0.15) is 16.7 Å². The summed E-state index contributed by atoms with van der Waals surface area (Å²) in [5.74, 6) is 1.45. The summed E-state index contributed by atoms with van der Waals surface area (Å²) in [6, 6.07) is 9.88. The number of rotatable bonds is 3. The lowest BCUT2D eigenvalue weighted by molar-refractivity contribution is 0.303. The number of nitrogens with two attached hydrogens (primary N) is 1. The number of hydrogen-bond acceptors (Lipinski definition) is 3. The van der Waals surface area contributed by atoms with Crippen LogP contribution in [0.25, 0.3) is 0 Å². The van der Waals surface area contributed by atoms with E-state index in [2.05, 4.69) is 24.0 Å². The van der Waals surface area contributed by atoms with Crippen LogP contribution in [0.15, 0.2) is 36.5 Å². The van der Waals surface area contributed by atoms with Crippen molar-refractivity contribution in [2.45, 2.75) is 20.5 Å². The molecule has 3 nitrogen and oxygen atoms in total. The van der Waals surface area contributed by atoms with Gasteiger partial charge in [0.2, 0.25) is 0 Å². The highest BCUT2D eigenvalue weighted by atomic mass is 16.5. The summed E-state index contributed by atoms with van der Waals surface area (Å²) in [6.07, 6.45) is 1.74. The van der Waals surface area contributed by atoms with E-state index in [9.17, 15) is 0 Å². The summed E-state index contributed by atoms with van der Waals surface area (Å²) < 4.78 is 5.76. The number of nitrogens with zero attached hydrogens (tertiary/aromatic N) is 1. The fourth-order valence-corrected chi connectivity index (χ4v) is 1.55. The predicted octanol–water partition coefficient (Wildman–Crippen LogP) is 2.86. The SMILES string of the molecule is Cc1ccc(C)c(OCc2ccc(N)nc2)c1. The molecule has 1 heterocycles. The van der Waals surface area contributed by atoms with Gasteiger partial charge < -0.3 is 10.5 Å². The van der Waals surface area contributed by atoms with E-state index in [-0.39, 0.29) is 0 Å². The van der Waals surface area contributed by atoms with E-state index >= 15 is 0 Å². The van der Waals surface area contributed by atoms with Gasteiger partial charge in [-0.15, -0.1) is 0 Å². The first-order valence-electron chi connectivity index (χ1n) is 5.55. The first kappa shape index (κ1) is 11.5. The molecular formula is C14H16N2O. The van der Waals surface area contributed by atoms with Crippen molar-refractivity contribution >= 4 is 5.82 Å². The number of ether oxygens (including phenoxy) is 1. The van der Waals surface area contributed by atoms with Gasteiger partial charge in [0.15, 0.2) is 0 Å². The number of nitrogen functional groups attached to an aromatic ring is 1. The van der Waals surface area contributed by atoms with E-state index in [1.54, 1.807) is 12.3 Å². The van der Waals surface area contributed by atoms with Gasteiger partial charge in [-0.25, -0.2) is 4.98 Å². The summed E-state index contributed by atoms with van der Waals surface area (Å²) >= 11 is 0. The van der Waals surface area contributed by atoms with Crippen LogP contribution in [0.4, 0.5) is 5.82 Å². The first-order chi connectivity index (χ1) is 8.15. The number of aryl methyl sites for hydroxylation is 2. The van der Waals surface area contributed by atoms with Crippen molar-refractivity contribution in [1.82, 2.24) is 4.98 Å². The van der Waals surface area contributed by atoms with Crippen LogP contribution < -0.4 is 10.5 Å². The topological polar surface area (TPSA) is 48.1 Å². The van der Waals surface area contributed by atoms with Crippen molar-refractivity contribution < 1.29 is 4.74 Å². The lowest BCUT2D eigenvalue weighted by atomic mass is 10.1. The van der Waals surface area contributed by atoms with Gasteiger partial charge >= 0.3 is 0 Å². The molecule has 0 saturated heterocycles. The summed E-state index contributed by atoms with van der Waals surface area (Å²) in [6.45, 7) is 4.60. The summed E-state index contributed by atoms with van der Waals surface area (Å²) in [7, 11) is 0. The fraction of sp³-hybridized carbons (Fsp3) is 0.214. The average Bonchev–Trinajstić information content (AvgIpc) is 2.32. The van der Waals surface area contributed by atoms with Gasteiger partial charge in [0.25, 0.3) is 0 Å². The molecule has 0 aliphatic heterocycles. The van der Waals surface area contributed by atoms with Crippen LogP contribution >= 0.6 is 0 Å². The predicted molar refractivity (Wildman–Crippen MR) is 68.9 cm³/mol. The third-order valence-corrected chi connectivity index (χ3v) is 2.59. The zero-order valence-corrected chi connectivity index (χ0v) is 10.1. The zero-order chi connectivity index (χ0) is 12.3. The number of hydrogen-bond donors (Lipinski definition) is 1. The monoisotopic (exact) mass is 228 g/mol. The van der Waals surface area contributed by atoms with E-state index in [1.165, 1.54) is 5.56 Å². The number of benzene rings is 1. The molecule has 0 aliphatic carbocycles. The van der Waals surface area contributed by atoms with Gasteiger partial charge in [0.05, 0.1) is 0 Å². The molecule has 2 rings (SSSR count). The molecule has 0 bridgehead atoms. The van der Waals surface area contributed by atoms with Crippen LogP contribution in [-0.4, -0.2) is 4.98 Å². The summed E-state index contributed by atoms with van der Waals surface area (Å²) in [4.78, 5) is 4.03.